The first-order valence-electron chi connectivity index (χ1n) is 10.5. The van der Waals surface area contributed by atoms with Crippen molar-refractivity contribution >= 4 is 46.7 Å². The van der Waals surface area contributed by atoms with Crippen molar-refractivity contribution in [2.24, 2.45) is 0 Å². The molecule has 0 bridgehead atoms. The van der Waals surface area contributed by atoms with Gasteiger partial charge in [0.1, 0.15) is 18.2 Å². The largest absolute Gasteiger partial charge is 0.477 e. The van der Waals surface area contributed by atoms with Gasteiger partial charge in [0.2, 0.25) is 5.78 Å². The van der Waals surface area contributed by atoms with Gasteiger partial charge < -0.3 is 9.47 Å². The van der Waals surface area contributed by atoms with Crippen LogP contribution in [0.2, 0.25) is 15.1 Å². The van der Waals surface area contributed by atoms with Crippen molar-refractivity contribution in [2.75, 3.05) is 13.3 Å². The van der Waals surface area contributed by atoms with E-state index in [1.807, 2.05) is 37.3 Å². The lowest BCUT2D eigenvalue weighted by Gasteiger charge is -2.30. The topological polar surface area (TPSA) is 38.8 Å². The number of fused-ring (bicyclic) bond motifs is 2. The number of Topliss-reactive ketones (excluding diaryl/α,β-unsaturated/α-hetero) is 1. The molecule has 4 nitrogen and oxygen atoms in total. The maximum Gasteiger partial charge on any atom is 0.231 e. The third kappa shape index (κ3) is 4.49. The van der Waals surface area contributed by atoms with Crippen LogP contribution in [-0.4, -0.2) is 24.0 Å². The Morgan fingerprint density at radius 2 is 1.79 bits per heavy atom. The zero-order valence-electron chi connectivity index (χ0n) is 17.8. The van der Waals surface area contributed by atoms with Gasteiger partial charge in [0, 0.05) is 29.2 Å². The number of carbonyl (C=O) groups excluding carboxylic acids is 1. The number of allylic oxidation sites excluding steroid dienone is 1. The van der Waals surface area contributed by atoms with Crippen molar-refractivity contribution in [1.82, 2.24) is 4.90 Å². The number of benzene rings is 3. The summed E-state index contributed by atoms with van der Waals surface area (Å²) in [6.07, 6.45) is 2.57. The number of hydrogen-bond donors (Lipinski definition) is 0. The first kappa shape index (κ1) is 22.3. The highest BCUT2D eigenvalue weighted by atomic mass is 35.5. The van der Waals surface area contributed by atoms with Gasteiger partial charge in [0.05, 0.1) is 15.6 Å². The van der Waals surface area contributed by atoms with Crippen LogP contribution in [0.25, 0.3) is 6.08 Å². The summed E-state index contributed by atoms with van der Waals surface area (Å²) < 4.78 is 12.0. The minimum Gasteiger partial charge on any atom is -0.477 e. The Labute approximate surface area is 207 Å². The van der Waals surface area contributed by atoms with Crippen molar-refractivity contribution < 1.29 is 14.3 Å². The lowest BCUT2D eigenvalue weighted by Crippen LogP contribution is -2.34. The van der Waals surface area contributed by atoms with Crippen molar-refractivity contribution in [3.63, 3.8) is 0 Å². The number of rotatable bonds is 4. The van der Waals surface area contributed by atoms with Gasteiger partial charge in [-0.1, -0.05) is 53.0 Å². The quantitative estimate of drug-likeness (QED) is 0.363. The summed E-state index contributed by atoms with van der Waals surface area (Å²) in [7, 11) is 0. The smallest absolute Gasteiger partial charge is 0.231 e. The first-order chi connectivity index (χ1) is 15.9. The number of ketones is 1. The SMILES string of the molecule is Cc1c2c(cc3c1O/C(=C\c1ccc(Cl)c(Cl)c1)C3=O)CN(CCc1ccc(Cl)cc1)CO2. The molecule has 0 N–H and O–H groups in total. The zero-order chi connectivity index (χ0) is 23.1. The number of hydrogen-bond acceptors (Lipinski definition) is 4. The van der Waals surface area contributed by atoms with Crippen LogP contribution in [0.1, 0.15) is 32.6 Å². The molecule has 2 aliphatic heterocycles. The molecule has 0 radical (unpaired) electrons. The van der Waals surface area contributed by atoms with Gasteiger partial charge >= 0.3 is 0 Å². The van der Waals surface area contributed by atoms with Crippen LogP contribution in [-0.2, 0) is 13.0 Å². The van der Waals surface area contributed by atoms with E-state index in [0.717, 1.165) is 40.4 Å². The summed E-state index contributed by atoms with van der Waals surface area (Å²) in [5.74, 6) is 1.45. The average Bonchev–Trinajstić information content (AvgIpc) is 3.11. The maximum absolute atomic E-state index is 13.1. The van der Waals surface area contributed by atoms with Crippen LogP contribution < -0.4 is 9.47 Å². The van der Waals surface area contributed by atoms with Gasteiger partial charge in [-0.25, -0.2) is 0 Å². The van der Waals surface area contributed by atoms with E-state index in [1.54, 1.807) is 24.3 Å². The van der Waals surface area contributed by atoms with E-state index in [0.29, 0.717) is 34.6 Å². The van der Waals surface area contributed by atoms with Gasteiger partial charge in [-0.3, -0.25) is 9.69 Å². The fourth-order valence-electron chi connectivity index (χ4n) is 4.13. The van der Waals surface area contributed by atoms with Crippen LogP contribution in [0, 0.1) is 6.92 Å². The van der Waals surface area contributed by atoms with E-state index in [2.05, 4.69) is 4.90 Å². The van der Waals surface area contributed by atoms with E-state index >= 15 is 0 Å². The third-order valence-electron chi connectivity index (χ3n) is 5.87. The predicted octanol–water partition coefficient (Wildman–Crippen LogP) is 6.97. The highest BCUT2D eigenvalue weighted by Crippen LogP contribution is 2.43. The van der Waals surface area contributed by atoms with E-state index in [4.69, 9.17) is 44.3 Å². The molecule has 3 aromatic rings. The Hall–Kier alpha value is -2.50. The molecular weight excluding hydrogens is 481 g/mol. The molecule has 3 aromatic carbocycles. The monoisotopic (exact) mass is 499 g/mol. The molecule has 2 aliphatic rings. The lowest BCUT2D eigenvalue weighted by atomic mass is 10.00. The standard InChI is InChI=1S/C26H20Cl3NO3/c1-15-25-18(13-30(14-32-25)9-8-16-2-5-19(27)6-3-16)12-20-24(31)23(33-26(15)20)11-17-4-7-21(28)22(29)10-17/h2-7,10-12H,8-9,13-14H2,1H3/b23-11-. The normalized spacial score (nSPS) is 16.4. The van der Waals surface area contributed by atoms with Crippen LogP contribution in [0.5, 0.6) is 11.5 Å². The van der Waals surface area contributed by atoms with Gasteiger partial charge in [0.25, 0.3) is 0 Å². The van der Waals surface area contributed by atoms with E-state index in [-0.39, 0.29) is 11.5 Å². The zero-order valence-corrected chi connectivity index (χ0v) is 20.1. The van der Waals surface area contributed by atoms with E-state index in [9.17, 15) is 4.79 Å². The second-order valence-corrected chi connectivity index (χ2v) is 9.43. The summed E-state index contributed by atoms with van der Waals surface area (Å²) in [5, 5.41) is 1.62. The van der Waals surface area contributed by atoms with E-state index < -0.39 is 0 Å². The van der Waals surface area contributed by atoms with Crippen LogP contribution in [0.15, 0.2) is 54.3 Å². The number of halogens is 3. The second kappa shape index (κ2) is 9.03. The van der Waals surface area contributed by atoms with Crippen molar-refractivity contribution in [3.8, 4) is 11.5 Å². The molecule has 0 saturated carbocycles. The molecule has 0 fully saturated rings. The third-order valence-corrected chi connectivity index (χ3v) is 6.86. The summed E-state index contributed by atoms with van der Waals surface area (Å²) >= 11 is 18.1. The second-order valence-electron chi connectivity index (χ2n) is 8.18. The highest BCUT2D eigenvalue weighted by Gasteiger charge is 2.33. The Morgan fingerprint density at radius 3 is 2.55 bits per heavy atom. The fraction of sp³-hybridized carbons (Fsp3) is 0.192. The Morgan fingerprint density at radius 1 is 1.00 bits per heavy atom. The molecule has 0 amide bonds. The minimum atomic E-state index is -0.153. The molecule has 33 heavy (non-hydrogen) atoms. The molecule has 7 heteroatoms. The fourth-order valence-corrected chi connectivity index (χ4v) is 4.56. The van der Waals surface area contributed by atoms with Crippen LogP contribution in [0.4, 0.5) is 0 Å². The molecule has 0 saturated heterocycles. The highest BCUT2D eigenvalue weighted by molar-refractivity contribution is 6.42. The predicted molar refractivity (Wildman–Crippen MR) is 132 cm³/mol. The van der Waals surface area contributed by atoms with Crippen molar-refractivity contribution in [2.45, 2.75) is 19.9 Å². The van der Waals surface area contributed by atoms with E-state index in [1.165, 1.54) is 5.56 Å². The Bertz CT molecular complexity index is 1280. The van der Waals surface area contributed by atoms with Crippen molar-refractivity contribution in [1.29, 1.82) is 0 Å². The van der Waals surface area contributed by atoms with Crippen LogP contribution >= 0.6 is 34.8 Å². The average molecular weight is 501 g/mol. The summed E-state index contributed by atoms with van der Waals surface area (Å²) in [4.78, 5) is 15.3. The minimum absolute atomic E-state index is 0.153. The van der Waals surface area contributed by atoms with Gasteiger partial charge in [-0.2, -0.15) is 0 Å². The molecule has 2 heterocycles. The van der Waals surface area contributed by atoms with Crippen molar-refractivity contribution in [3.05, 3.63) is 97.2 Å². The molecule has 0 unspecified atom stereocenters. The first-order valence-corrected chi connectivity index (χ1v) is 11.7. The molecule has 0 spiro atoms. The Balaban J connectivity index is 1.36. The summed E-state index contributed by atoms with van der Waals surface area (Å²) in [5.41, 5.74) is 4.34. The molecular formula is C26H20Cl3NO3. The number of nitrogens with zero attached hydrogens (tertiary/aromatic N) is 1. The molecule has 0 aromatic heterocycles. The molecule has 0 atom stereocenters. The molecule has 168 valence electrons. The van der Waals surface area contributed by atoms with Gasteiger partial charge in [-0.05, 0) is 60.9 Å². The number of ether oxygens (including phenoxy) is 2. The van der Waals surface area contributed by atoms with Gasteiger partial charge in [0.15, 0.2) is 5.76 Å². The van der Waals surface area contributed by atoms with Crippen LogP contribution in [0.3, 0.4) is 0 Å². The maximum atomic E-state index is 13.1. The molecule has 0 aliphatic carbocycles. The number of carbonyl (C=O) groups is 1. The summed E-state index contributed by atoms with van der Waals surface area (Å²) in [6, 6.07) is 15.0. The Kier molecular flexibility index (Phi) is 6.11. The summed E-state index contributed by atoms with van der Waals surface area (Å²) in [6.45, 7) is 3.96. The molecule has 5 rings (SSSR count). The van der Waals surface area contributed by atoms with Gasteiger partial charge in [-0.15, -0.1) is 0 Å². The lowest BCUT2D eigenvalue weighted by molar-refractivity contribution is 0.0954.